The first-order valence-corrected chi connectivity index (χ1v) is 12.6. The van der Waals surface area contributed by atoms with Crippen LogP contribution < -0.4 is 15.5 Å². The van der Waals surface area contributed by atoms with Crippen LogP contribution in [-0.4, -0.2) is 66.4 Å². The molecule has 2 aliphatic heterocycles. The zero-order chi connectivity index (χ0) is 26.3. The lowest BCUT2D eigenvalue weighted by Gasteiger charge is -2.47. The first-order chi connectivity index (χ1) is 18.4. The van der Waals surface area contributed by atoms with Crippen LogP contribution in [0.2, 0.25) is 5.02 Å². The number of tetrazole rings is 1. The van der Waals surface area contributed by atoms with Gasteiger partial charge in [0.2, 0.25) is 5.91 Å². The largest absolute Gasteiger partial charge is 0.355 e. The molecule has 0 unspecified atom stereocenters. The minimum absolute atomic E-state index is 0.0549. The highest BCUT2D eigenvalue weighted by Gasteiger charge is 2.48. The summed E-state index contributed by atoms with van der Waals surface area (Å²) < 4.78 is 3.24. The van der Waals surface area contributed by atoms with Crippen LogP contribution in [0.1, 0.15) is 33.6 Å². The van der Waals surface area contributed by atoms with Gasteiger partial charge in [0, 0.05) is 54.9 Å². The SMILES string of the molecule is Cc1nc(N2CC3(CNC(=O)C3)C2)ccc1Cn1cc(C(=O)NCc2cc(Cl)ccc2-n2cnnn2)cn1. The van der Waals surface area contributed by atoms with Crippen LogP contribution in [0.3, 0.4) is 0 Å². The monoisotopic (exact) mass is 532 g/mol. The summed E-state index contributed by atoms with van der Waals surface area (Å²) in [6, 6.07) is 9.36. The van der Waals surface area contributed by atoms with Crippen LogP contribution in [-0.2, 0) is 17.9 Å². The quantitative estimate of drug-likeness (QED) is 0.366. The second kappa shape index (κ2) is 9.53. The number of nitrogens with one attached hydrogen (secondary N) is 2. The first kappa shape index (κ1) is 24.0. The van der Waals surface area contributed by atoms with Crippen molar-refractivity contribution >= 4 is 29.2 Å². The predicted octanol–water partition coefficient (Wildman–Crippen LogP) is 1.52. The van der Waals surface area contributed by atoms with E-state index >= 15 is 0 Å². The Morgan fingerprint density at radius 2 is 2.08 bits per heavy atom. The van der Waals surface area contributed by atoms with Crippen molar-refractivity contribution in [1.29, 1.82) is 0 Å². The van der Waals surface area contributed by atoms with E-state index in [-0.39, 0.29) is 23.8 Å². The van der Waals surface area contributed by atoms with Gasteiger partial charge >= 0.3 is 0 Å². The minimum atomic E-state index is -0.254. The van der Waals surface area contributed by atoms with Crippen molar-refractivity contribution in [3.63, 3.8) is 0 Å². The van der Waals surface area contributed by atoms with Crippen LogP contribution in [0.4, 0.5) is 5.82 Å². The molecule has 38 heavy (non-hydrogen) atoms. The number of amides is 2. The second-order valence-electron chi connectivity index (χ2n) is 9.86. The smallest absolute Gasteiger partial charge is 0.254 e. The fourth-order valence-corrected chi connectivity index (χ4v) is 5.23. The molecule has 2 fully saturated rings. The number of aryl methyl sites for hydroxylation is 1. The lowest BCUT2D eigenvalue weighted by molar-refractivity contribution is -0.119. The van der Waals surface area contributed by atoms with Crippen molar-refractivity contribution in [1.82, 2.24) is 45.6 Å². The van der Waals surface area contributed by atoms with E-state index in [2.05, 4.69) is 36.2 Å². The zero-order valence-electron chi connectivity index (χ0n) is 20.6. The van der Waals surface area contributed by atoms with Crippen LogP contribution in [0.25, 0.3) is 5.69 Å². The Balaban J connectivity index is 1.08. The van der Waals surface area contributed by atoms with E-state index < -0.39 is 0 Å². The molecule has 12 nitrogen and oxygen atoms in total. The van der Waals surface area contributed by atoms with Gasteiger partial charge in [0.05, 0.1) is 24.0 Å². The molecule has 2 aliphatic rings. The maximum absolute atomic E-state index is 12.8. The summed E-state index contributed by atoms with van der Waals surface area (Å²) in [7, 11) is 0. The average molecular weight is 533 g/mol. The van der Waals surface area contributed by atoms with Crippen molar-refractivity contribution in [3.8, 4) is 5.69 Å². The van der Waals surface area contributed by atoms with Gasteiger partial charge in [-0.1, -0.05) is 17.7 Å². The lowest BCUT2D eigenvalue weighted by Crippen LogP contribution is -2.57. The highest BCUT2D eigenvalue weighted by atomic mass is 35.5. The Bertz CT molecular complexity index is 1510. The molecule has 6 rings (SSSR count). The van der Waals surface area contributed by atoms with Crippen LogP contribution in [0, 0.1) is 12.3 Å². The molecule has 0 atom stereocenters. The second-order valence-corrected chi connectivity index (χ2v) is 10.3. The van der Waals surface area contributed by atoms with Gasteiger partial charge in [-0.05, 0) is 52.7 Å². The number of nitrogens with zero attached hydrogens (tertiary/aromatic N) is 8. The third-order valence-electron chi connectivity index (χ3n) is 7.06. The van der Waals surface area contributed by atoms with Gasteiger partial charge in [-0.3, -0.25) is 14.3 Å². The van der Waals surface area contributed by atoms with Crippen molar-refractivity contribution in [3.05, 3.63) is 76.5 Å². The number of hydrogen-bond acceptors (Lipinski definition) is 8. The van der Waals surface area contributed by atoms with E-state index in [1.54, 1.807) is 35.3 Å². The highest BCUT2D eigenvalue weighted by molar-refractivity contribution is 6.30. The van der Waals surface area contributed by atoms with Gasteiger partial charge < -0.3 is 15.5 Å². The molecule has 4 aromatic rings. The molecule has 13 heteroatoms. The molecule has 2 amide bonds. The third-order valence-corrected chi connectivity index (χ3v) is 7.29. The number of anilines is 1. The molecule has 1 aromatic carbocycles. The summed E-state index contributed by atoms with van der Waals surface area (Å²) in [5.41, 5.74) is 3.92. The molecule has 3 aromatic heterocycles. The number of hydrogen-bond donors (Lipinski definition) is 2. The van der Waals surface area contributed by atoms with Crippen molar-refractivity contribution < 1.29 is 9.59 Å². The van der Waals surface area contributed by atoms with Crippen molar-refractivity contribution in [2.24, 2.45) is 5.41 Å². The van der Waals surface area contributed by atoms with E-state index in [0.717, 1.165) is 48.0 Å². The summed E-state index contributed by atoms with van der Waals surface area (Å²) in [6.45, 7) is 5.12. The van der Waals surface area contributed by atoms with Crippen LogP contribution >= 0.6 is 11.6 Å². The molecule has 0 bridgehead atoms. The normalized spacial score (nSPS) is 15.9. The number of benzene rings is 1. The molecule has 5 heterocycles. The molecule has 0 radical (unpaired) electrons. The van der Waals surface area contributed by atoms with E-state index in [4.69, 9.17) is 16.6 Å². The van der Waals surface area contributed by atoms with Gasteiger partial charge in [-0.25, -0.2) is 9.67 Å². The average Bonchev–Trinajstić information content (AvgIpc) is 3.64. The lowest BCUT2D eigenvalue weighted by atomic mass is 9.79. The summed E-state index contributed by atoms with van der Waals surface area (Å²) >= 11 is 6.17. The zero-order valence-corrected chi connectivity index (χ0v) is 21.4. The fourth-order valence-electron chi connectivity index (χ4n) is 5.03. The van der Waals surface area contributed by atoms with E-state index in [1.165, 1.54) is 11.0 Å². The topological polar surface area (TPSA) is 136 Å². The van der Waals surface area contributed by atoms with Crippen molar-refractivity contribution in [2.75, 3.05) is 24.5 Å². The molecular formula is C25H25ClN10O2. The summed E-state index contributed by atoms with van der Waals surface area (Å²) in [4.78, 5) is 31.4. The Kier molecular flexibility index (Phi) is 6.03. The molecule has 0 saturated carbocycles. The number of carbonyl (C=O) groups is 2. The van der Waals surface area contributed by atoms with Crippen LogP contribution in [0.5, 0.6) is 0 Å². The Morgan fingerprint density at radius 3 is 2.82 bits per heavy atom. The Hall–Kier alpha value is -4.32. The van der Waals surface area contributed by atoms with E-state index in [1.807, 2.05) is 19.1 Å². The molecule has 1 spiro atoms. The summed E-state index contributed by atoms with van der Waals surface area (Å²) in [5, 5.41) is 22.0. The standard InChI is InChI=1S/C25H25ClN10O2/c1-16-17(2-5-22(31-16)34-13-25(14-34)7-23(37)28-12-25)10-35-11-19(9-30-35)24(38)27-8-18-6-20(26)3-4-21(18)36-15-29-32-33-36/h2-6,9,11,15H,7-8,10,12-14H2,1H3,(H,27,38)(H,28,37). The van der Waals surface area contributed by atoms with Crippen LogP contribution in [0.15, 0.2) is 49.1 Å². The predicted molar refractivity (Wildman–Crippen MR) is 138 cm³/mol. The van der Waals surface area contributed by atoms with E-state index in [0.29, 0.717) is 23.6 Å². The Morgan fingerprint density at radius 1 is 1.21 bits per heavy atom. The maximum atomic E-state index is 12.8. The molecule has 194 valence electrons. The Labute approximate surface area is 223 Å². The third kappa shape index (κ3) is 4.70. The van der Waals surface area contributed by atoms with Crippen molar-refractivity contribution in [2.45, 2.75) is 26.4 Å². The molecule has 2 N–H and O–H groups in total. The number of pyridine rings is 1. The molecular weight excluding hydrogens is 508 g/mol. The van der Waals surface area contributed by atoms with Gasteiger partial charge in [-0.15, -0.1) is 5.10 Å². The molecule has 2 saturated heterocycles. The van der Waals surface area contributed by atoms with Gasteiger partial charge in [0.1, 0.15) is 12.1 Å². The van der Waals surface area contributed by atoms with Gasteiger partial charge in [0.15, 0.2) is 0 Å². The number of halogens is 1. The maximum Gasteiger partial charge on any atom is 0.254 e. The van der Waals surface area contributed by atoms with E-state index in [9.17, 15) is 9.59 Å². The highest BCUT2D eigenvalue weighted by Crippen LogP contribution is 2.38. The summed E-state index contributed by atoms with van der Waals surface area (Å²) in [6.07, 6.45) is 5.34. The number of carbonyl (C=O) groups excluding carboxylic acids is 2. The van der Waals surface area contributed by atoms with Gasteiger partial charge in [-0.2, -0.15) is 5.10 Å². The van der Waals surface area contributed by atoms with Gasteiger partial charge in [0.25, 0.3) is 5.91 Å². The molecule has 0 aliphatic carbocycles. The minimum Gasteiger partial charge on any atom is -0.355 e. The fraction of sp³-hybridized carbons (Fsp3) is 0.320. The number of aromatic nitrogens is 7. The number of rotatable bonds is 7. The first-order valence-electron chi connectivity index (χ1n) is 12.2. The summed E-state index contributed by atoms with van der Waals surface area (Å²) in [5.74, 6) is 0.796.